The molecule has 0 bridgehead atoms. The zero-order valence-electron chi connectivity index (χ0n) is 22.1. The molecule has 7 nitrogen and oxygen atoms in total. The number of anilines is 2. The summed E-state index contributed by atoms with van der Waals surface area (Å²) in [6.45, 7) is 6.60. The topological polar surface area (TPSA) is 79.4 Å². The third-order valence-electron chi connectivity index (χ3n) is 7.07. The van der Waals surface area contributed by atoms with Crippen LogP contribution in [-0.4, -0.2) is 55.3 Å². The molecule has 0 saturated carbocycles. The van der Waals surface area contributed by atoms with Crippen LogP contribution >= 0.6 is 0 Å². The molecule has 2 saturated heterocycles. The fraction of sp³-hybridized carbons (Fsp3) is 0.367. The standard InChI is InChI=1S/C30H30F3N5O2/c1-20-2-4-24(37-29(39)22-8-11-35-28(17-22)30(31,32)33)18-25(20)23-16-27(38-12-14-40-15-13-38)26(36-19-23)5-3-21-6-9-34-10-7-21/h2,4,8,11,16-19,21,34H,6-7,9-10,12-15H2,1H3,(H,37,39). The number of carbonyl (C=O) groups is 1. The molecule has 2 aliphatic rings. The number of piperidine rings is 1. The average molecular weight is 550 g/mol. The molecule has 4 heterocycles. The molecule has 0 aliphatic carbocycles. The van der Waals surface area contributed by atoms with E-state index in [0.29, 0.717) is 24.8 Å². The lowest BCUT2D eigenvalue weighted by Gasteiger charge is -2.29. The van der Waals surface area contributed by atoms with Gasteiger partial charge in [-0.3, -0.25) is 9.78 Å². The van der Waals surface area contributed by atoms with Gasteiger partial charge in [0, 0.05) is 48.2 Å². The van der Waals surface area contributed by atoms with Gasteiger partial charge in [0.1, 0.15) is 11.4 Å². The summed E-state index contributed by atoms with van der Waals surface area (Å²) in [5.74, 6) is 6.43. The number of halogens is 3. The van der Waals surface area contributed by atoms with E-state index in [1.54, 1.807) is 18.3 Å². The van der Waals surface area contributed by atoms with Crippen molar-refractivity contribution < 1.29 is 22.7 Å². The van der Waals surface area contributed by atoms with E-state index in [4.69, 9.17) is 9.72 Å². The van der Waals surface area contributed by atoms with Crippen LogP contribution in [0.15, 0.2) is 48.8 Å². The number of amides is 1. The van der Waals surface area contributed by atoms with Crippen LogP contribution in [0.2, 0.25) is 0 Å². The van der Waals surface area contributed by atoms with Crippen molar-refractivity contribution in [1.82, 2.24) is 15.3 Å². The number of aryl methyl sites for hydroxylation is 1. The number of morpholine rings is 1. The molecule has 0 atom stereocenters. The van der Waals surface area contributed by atoms with E-state index in [1.165, 1.54) is 6.07 Å². The summed E-state index contributed by atoms with van der Waals surface area (Å²) in [4.78, 5) is 23.1. The van der Waals surface area contributed by atoms with Gasteiger partial charge in [0.2, 0.25) is 0 Å². The number of nitrogens with zero attached hydrogens (tertiary/aromatic N) is 3. The van der Waals surface area contributed by atoms with Crippen molar-refractivity contribution in [2.45, 2.75) is 25.9 Å². The molecule has 2 N–H and O–H groups in total. The van der Waals surface area contributed by atoms with E-state index in [1.807, 2.05) is 13.0 Å². The maximum Gasteiger partial charge on any atom is 0.433 e. The fourth-order valence-corrected chi connectivity index (χ4v) is 4.82. The monoisotopic (exact) mass is 549 g/mol. The second-order valence-corrected chi connectivity index (χ2v) is 9.90. The van der Waals surface area contributed by atoms with E-state index in [9.17, 15) is 18.0 Å². The van der Waals surface area contributed by atoms with Gasteiger partial charge in [-0.25, -0.2) is 4.98 Å². The lowest BCUT2D eigenvalue weighted by molar-refractivity contribution is -0.141. The first-order valence-corrected chi connectivity index (χ1v) is 13.3. The Hall–Kier alpha value is -3.94. The minimum Gasteiger partial charge on any atom is -0.378 e. The Labute approximate surface area is 231 Å². The highest BCUT2D eigenvalue weighted by atomic mass is 19.4. The van der Waals surface area contributed by atoms with E-state index >= 15 is 0 Å². The van der Waals surface area contributed by atoms with Crippen molar-refractivity contribution in [3.8, 4) is 23.0 Å². The summed E-state index contributed by atoms with van der Waals surface area (Å²) in [7, 11) is 0. The van der Waals surface area contributed by atoms with Crippen molar-refractivity contribution in [2.75, 3.05) is 49.6 Å². The maximum absolute atomic E-state index is 13.1. The molecule has 2 fully saturated rings. The molecular weight excluding hydrogens is 519 g/mol. The van der Waals surface area contributed by atoms with Crippen LogP contribution < -0.4 is 15.5 Å². The molecule has 0 spiro atoms. The van der Waals surface area contributed by atoms with Gasteiger partial charge in [-0.05, 0) is 80.2 Å². The minimum absolute atomic E-state index is 0.127. The second-order valence-electron chi connectivity index (χ2n) is 9.90. The van der Waals surface area contributed by atoms with Gasteiger partial charge >= 0.3 is 6.18 Å². The summed E-state index contributed by atoms with van der Waals surface area (Å²) in [5.41, 5.74) is 3.54. The molecule has 3 aromatic rings. The zero-order chi connectivity index (χ0) is 28.1. The van der Waals surface area contributed by atoms with Crippen LogP contribution in [0.3, 0.4) is 0 Å². The number of alkyl halides is 3. The van der Waals surface area contributed by atoms with Crippen LogP contribution in [0.5, 0.6) is 0 Å². The number of hydrogen-bond donors (Lipinski definition) is 2. The number of ether oxygens (including phenoxy) is 1. The number of hydrogen-bond acceptors (Lipinski definition) is 6. The van der Waals surface area contributed by atoms with Gasteiger partial charge in [0.15, 0.2) is 0 Å². The predicted octanol–water partition coefficient (Wildman–Crippen LogP) is 4.91. The predicted molar refractivity (Wildman–Crippen MR) is 147 cm³/mol. The Bertz CT molecular complexity index is 1440. The molecule has 2 aliphatic heterocycles. The highest BCUT2D eigenvalue weighted by Gasteiger charge is 2.33. The lowest BCUT2D eigenvalue weighted by Crippen LogP contribution is -2.36. The van der Waals surface area contributed by atoms with Crippen molar-refractivity contribution in [1.29, 1.82) is 0 Å². The third-order valence-corrected chi connectivity index (χ3v) is 7.07. The lowest BCUT2D eigenvalue weighted by atomic mass is 9.98. The van der Waals surface area contributed by atoms with Gasteiger partial charge in [-0.2, -0.15) is 13.2 Å². The van der Waals surface area contributed by atoms with Crippen LogP contribution in [0, 0.1) is 24.7 Å². The number of benzene rings is 1. The van der Waals surface area contributed by atoms with Gasteiger partial charge < -0.3 is 20.3 Å². The highest BCUT2D eigenvalue weighted by molar-refractivity contribution is 6.04. The molecular formula is C30H30F3N5O2. The van der Waals surface area contributed by atoms with Crippen molar-refractivity contribution >= 4 is 17.3 Å². The summed E-state index contributed by atoms with van der Waals surface area (Å²) in [6.07, 6.45) is 0.164. The van der Waals surface area contributed by atoms with Gasteiger partial charge in [-0.1, -0.05) is 12.0 Å². The maximum atomic E-state index is 13.1. The number of aromatic nitrogens is 2. The second kappa shape index (κ2) is 12.1. The Morgan fingerprint density at radius 2 is 1.88 bits per heavy atom. The number of rotatable bonds is 4. The van der Waals surface area contributed by atoms with Gasteiger partial charge in [-0.15, -0.1) is 0 Å². The zero-order valence-corrected chi connectivity index (χ0v) is 22.1. The average Bonchev–Trinajstić information content (AvgIpc) is 2.97. The Morgan fingerprint density at radius 3 is 2.62 bits per heavy atom. The van der Waals surface area contributed by atoms with Crippen molar-refractivity contribution in [2.24, 2.45) is 5.92 Å². The number of nitrogens with one attached hydrogen (secondary N) is 2. The van der Waals surface area contributed by atoms with Gasteiger partial charge in [0.05, 0.1) is 18.9 Å². The third kappa shape index (κ3) is 6.61. The minimum atomic E-state index is -4.64. The normalized spacial score (nSPS) is 16.2. The van der Waals surface area contributed by atoms with E-state index in [-0.39, 0.29) is 5.56 Å². The summed E-state index contributed by atoms with van der Waals surface area (Å²) < 4.78 is 44.7. The highest BCUT2D eigenvalue weighted by Crippen LogP contribution is 2.32. The van der Waals surface area contributed by atoms with Crippen LogP contribution in [-0.2, 0) is 10.9 Å². The summed E-state index contributed by atoms with van der Waals surface area (Å²) in [6, 6.07) is 9.45. The van der Waals surface area contributed by atoms with Crippen molar-refractivity contribution in [3.63, 3.8) is 0 Å². The molecule has 0 radical (unpaired) electrons. The van der Waals surface area contributed by atoms with Crippen molar-refractivity contribution in [3.05, 3.63) is 71.3 Å². The summed E-state index contributed by atoms with van der Waals surface area (Å²) in [5, 5.41) is 6.07. The smallest absolute Gasteiger partial charge is 0.378 e. The van der Waals surface area contributed by atoms with Crippen LogP contribution in [0.25, 0.3) is 11.1 Å². The van der Waals surface area contributed by atoms with E-state index in [0.717, 1.165) is 79.4 Å². The molecule has 208 valence electrons. The molecule has 0 unspecified atom stereocenters. The Balaban J connectivity index is 1.43. The molecule has 1 aromatic carbocycles. The molecule has 1 amide bonds. The first-order chi connectivity index (χ1) is 19.3. The van der Waals surface area contributed by atoms with Crippen LogP contribution in [0.4, 0.5) is 24.5 Å². The first-order valence-electron chi connectivity index (χ1n) is 13.3. The molecule has 5 rings (SSSR count). The number of pyridine rings is 2. The fourth-order valence-electron chi connectivity index (χ4n) is 4.82. The molecule has 2 aromatic heterocycles. The van der Waals surface area contributed by atoms with Gasteiger partial charge in [0.25, 0.3) is 5.91 Å². The van der Waals surface area contributed by atoms with E-state index in [2.05, 4.69) is 38.4 Å². The quantitative estimate of drug-likeness (QED) is 0.451. The largest absolute Gasteiger partial charge is 0.433 e. The number of carbonyl (C=O) groups excluding carboxylic acids is 1. The summed E-state index contributed by atoms with van der Waals surface area (Å²) >= 11 is 0. The molecule has 10 heteroatoms. The first kappa shape index (κ1) is 27.6. The Kier molecular flexibility index (Phi) is 8.33. The van der Waals surface area contributed by atoms with E-state index < -0.39 is 17.8 Å². The Morgan fingerprint density at radius 1 is 1.10 bits per heavy atom. The molecule has 40 heavy (non-hydrogen) atoms. The van der Waals surface area contributed by atoms with Crippen LogP contribution in [0.1, 0.15) is 40.2 Å². The SMILES string of the molecule is Cc1ccc(NC(=O)c2ccnc(C(F)(F)F)c2)cc1-c1cnc(C#CC2CCNCC2)c(N2CCOCC2)c1.